The second-order valence-electron chi connectivity index (χ2n) is 7.30. The van der Waals surface area contributed by atoms with Crippen molar-refractivity contribution in [3.05, 3.63) is 0 Å². The molecule has 0 aromatic heterocycles. The highest BCUT2D eigenvalue weighted by atomic mass is 16.3. The summed E-state index contributed by atoms with van der Waals surface area (Å²) in [5.41, 5.74) is 0.212. The third-order valence-electron chi connectivity index (χ3n) is 5.25. The lowest BCUT2D eigenvalue weighted by Crippen LogP contribution is -2.52. The predicted octanol–water partition coefficient (Wildman–Crippen LogP) is 2.81. The van der Waals surface area contributed by atoms with Crippen LogP contribution in [0, 0.1) is 11.3 Å². The fraction of sp³-hybridized carbons (Fsp3) is 0.938. The Bertz CT molecular complexity index is 322. The van der Waals surface area contributed by atoms with Gasteiger partial charge in [-0.3, -0.25) is 0 Å². The number of urea groups is 1. The van der Waals surface area contributed by atoms with Crippen LogP contribution in [0.25, 0.3) is 0 Å². The minimum Gasteiger partial charge on any atom is -0.396 e. The van der Waals surface area contributed by atoms with E-state index < -0.39 is 0 Å². The van der Waals surface area contributed by atoms with Gasteiger partial charge < -0.3 is 15.7 Å². The second-order valence-corrected chi connectivity index (χ2v) is 7.30. The van der Waals surface area contributed by atoms with E-state index in [0.29, 0.717) is 12.0 Å². The molecule has 20 heavy (non-hydrogen) atoms. The molecule has 0 heterocycles. The lowest BCUT2D eigenvalue weighted by atomic mass is 9.73. The van der Waals surface area contributed by atoms with E-state index in [4.69, 9.17) is 5.11 Å². The summed E-state index contributed by atoms with van der Waals surface area (Å²) >= 11 is 0. The minimum absolute atomic E-state index is 0.00239. The van der Waals surface area contributed by atoms with Gasteiger partial charge in [0.1, 0.15) is 0 Å². The van der Waals surface area contributed by atoms with E-state index in [1.807, 2.05) is 0 Å². The lowest BCUT2D eigenvalue weighted by molar-refractivity contribution is 0.157. The molecular formula is C16H30N2O2. The van der Waals surface area contributed by atoms with E-state index in [-0.39, 0.29) is 24.1 Å². The fourth-order valence-corrected chi connectivity index (χ4v) is 3.64. The number of rotatable bonds is 3. The average molecular weight is 282 g/mol. The molecule has 116 valence electrons. The number of aliphatic hydroxyl groups is 1. The van der Waals surface area contributed by atoms with Crippen molar-refractivity contribution in [1.82, 2.24) is 10.6 Å². The highest BCUT2D eigenvalue weighted by molar-refractivity contribution is 5.74. The molecule has 2 amide bonds. The molecule has 0 radical (unpaired) electrons. The van der Waals surface area contributed by atoms with Crippen LogP contribution in [-0.2, 0) is 0 Å². The van der Waals surface area contributed by atoms with Crippen molar-refractivity contribution in [2.45, 2.75) is 77.3 Å². The molecule has 0 aromatic carbocycles. The molecule has 3 N–H and O–H groups in total. The van der Waals surface area contributed by atoms with Crippen molar-refractivity contribution < 1.29 is 9.90 Å². The molecule has 4 nitrogen and oxygen atoms in total. The van der Waals surface area contributed by atoms with Crippen LogP contribution in [0.2, 0.25) is 0 Å². The molecule has 0 aromatic rings. The van der Waals surface area contributed by atoms with Crippen LogP contribution in [0.3, 0.4) is 0 Å². The Morgan fingerprint density at radius 1 is 1.10 bits per heavy atom. The van der Waals surface area contributed by atoms with Gasteiger partial charge in [0.15, 0.2) is 0 Å². The van der Waals surface area contributed by atoms with Gasteiger partial charge in [-0.25, -0.2) is 4.79 Å². The molecule has 4 heteroatoms. The molecule has 2 rings (SSSR count). The normalized spacial score (nSPS) is 33.5. The molecule has 2 aliphatic carbocycles. The maximum Gasteiger partial charge on any atom is 0.315 e. The first kappa shape index (κ1) is 15.6. The third kappa shape index (κ3) is 4.11. The van der Waals surface area contributed by atoms with Crippen molar-refractivity contribution in [1.29, 1.82) is 0 Å². The smallest absolute Gasteiger partial charge is 0.315 e. The summed E-state index contributed by atoms with van der Waals surface area (Å²) < 4.78 is 0. The SMILES string of the molecule is CC1(C)CCCCC1NC(=O)NC1CCC(CO)CC1. The minimum atomic E-state index is -0.00239. The van der Waals surface area contributed by atoms with Crippen molar-refractivity contribution >= 4 is 6.03 Å². The van der Waals surface area contributed by atoms with Crippen LogP contribution in [0.15, 0.2) is 0 Å². The highest BCUT2D eigenvalue weighted by Crippen LogP contribution is 2.35. The number of hydrogen-bond donors (Lipinski definition) is 3. The molecule has 0 aliphatic heterocycles. The predicted molar refractivity (Wildman–Crippen MR) is 80.5 cm³/mol. The van der Waals surface area contributed by atoms with Crippen molar-refractivity contribution in [3.63, 3.8) is 0 Å². The molecule has 2 fully saturated rings. The summed E-state index contributed by atoms with van der Waals surface area (Å²) in [7, 11) is 0. The number of carbonyl (C=O) groups is 1. The largest absolute Gasteiger partial charge is 0.396 e. The van der Waals surface area contributed by atoms with Gasteiger partial charge in [-0.1, -0.05) is 26.7 Å². The van der Waals surface area contributed by atoms with Crippen LogP contribution in [0.4, 0.5) is 4.79 Å². The lowest BCUT2D eigenvalue weighted by Gasteiger charge is -2.39. The third-order valence-corrected chi connectivity index (χ3v) is 5.25. The average Bonchev–Trinajstić information content (AvgIpc) is 2.42. The van der Waals surface area contributed by atoms with Crippen LogP contribution in [-0.4, -0.2) is 29.8 Å². The van der Waals surface area contributed by atoms with E-state index in [2.05, 4.69) is 24.5 Å². The first-order valence-electron chi connectivity index (χ1n) is 8.19. The zero-order valence-corrected chi connectivity index (χ0v) is 13.0. The standard InChI is InChI=1S/C16H30N2O2/c1-16(2)10-4-3-5-14(16)18-15(20)17-13-8-6-12(11-19)7-9-13/h12-14,19H,3-11H2,1-2H3,(H2,17,18,20). The van der Waals surface area contributed by atoms with Gasteiger partial charge in [-0.05, 0) is 49.9 Å². The zero-order chi connectivity index (χ0) is 14.6. The number of nitrogens with one attached hydrogen (secondary N) is 2. The first-order valence-corrected chi connectivity index (χ1v) is 8.19. The summed E-state index contributed by atoms with van der Waals surface area (Å²) in [6.45, 7) is 4.79. The highest BCUT2D eigenvalue weighted by Gasteiger charge is 2.33. The van der Waals surface area contributed by atoms with Crippen molar-refractivity contribution in [2.75, 3.05) is 6.61 Å². The van der Waals surface area contributed by atoms with E-state index >= 15 is 0 Å². The summed E-state index contributed by atoms with van der Waals surface area (Å²) in [5.74, 6) is 0.438. The zero-order valence-electron chi connectivity index (χ0n) is 13.0. The fourth-order valence-electron chi connectivity index (χ4n) is 3.64. The molecule has 1 atom stereocenters. The molecule has 2 saturated carbocycles. The van der Waals surface area contributed by atoms with Gasteiger partial charge in [-0.2, -0.15) is 0 Å². The van der Waals surface area contributed by atoms with Gasteiger partial charge in [0.2, 0.25) is 0 Å². The molecule has 0 bridgehead atoms. The molecule has 0 spiro atoms. The number of carbonyl (C=O) groups excluding carboxylic acids is 1. The Morgan fingerprint density at radius 3 is 2.40 bits per heavy atom. The first-order chi connectivity index (χ1) is 9.51. The van der Waals surface area contributed by atoms with Crippen molar-refractivity contribution in [3.8, 4) is 0 Å². The summed E-state index contributed by atoms with van der Waals surface area (Å²) in [4.78, 5) is 12.1. The van der Waals surface area contributed by atoms with Gasteiger partial charge in [-0.15, -0.1) is 0 Å². The number of amides is 2. The van der Waals surface area contributed by atoms with Crippen LogP contribution >= 0.6 is 0 Å². The summed E-state index contributed by atoms with van der Waals surface area (Å²) in [6.07, 6.45) is 8.82. The summed E-state index contributed by atoms with van der Waals surface area (Å²) in [6, 6.07) is 0.576. The van der Waals surface area contributed by atoms with Gasteiger partial charge >= 0.3 is 6.03 Å². The van der Waals surface area contributed by atoms with Crippen LogP contribution in [0.5, 0.6) is 0 Å². The Hall–Kier alpha value is -0.770. The van der Waals surface area contributed by atoms with Crippen LogP contribution < -0.4 is 10.6 Å². The maximum atomic E-state index is 12.1. The number of hydrogen-bond acceptors (Lipinski definition) is 2. The van der Waals surface area contributed by atoms with Crippen LogP contribution in [0.1, 0.15) is 65.2 Å². The van der Waals surface area contributed by atoms with E-state index in [1.165, 1.54) is 19.3 Å². The Kier molecular flexibility index (Phi) is 5.30. The van der Waals surface area contributed by atoms with Gasteiger partial charge in [0, 0.05) is 18.7 Å². The Morgan fingerprint density at radius 2 is 1.80 bits per heavy atom. The molecule has 0 saturated heterocycles. The molecule has 2 aliphatic rings. The summed E-state index contributed by atoms with van der Waals surface area (Å²) in [5, 5.41) is 15.4. The van der Waals surface area contributed by atoms with Crippen molar-refractivity contribution in [2.24, 2.45) is 11.3 Å². The van der Waals surface area contributed by atoms with E-state index in [1.54, 1.807) is 0 Å². The Labute approximate surface area is 122 Å². The quantitative estimate of drug-likeness (QED) is 0.745. The number of aliphatic hydroxyl groups excluding tert-OH is 1. The monoisotopic (exact) mass is 282 g/mol. The topological polar surface area (TPSA) is 61.4 Å². The van der Waals surface area contributed by atoms with Gasteiger partial charge in [0.25, 0.3) is 0 Å². The molecular weight excluding hydrogens is 252 g/mol. The van der Waals surface area contributed by atoms with Gasteiger partial charge in [0.05, 0.1) is 0 Å². The maximum absolute atomic E-state index is 12.1. The van der Waals surface area contributed by atoms with E-state index in [0.717, 1.165) is 32.1 Å². The van der Waals surface area contributed by atoms with E-state index in [9.17, 15) is 4.79 Å². The molecule has 1 unspecified atom stereocenters. The second kappa shape index (κ2) is 6.79. The Balaban J connectivity index is 1.75.